The maximum absolute atomic E-state index is 4.14. The zero-order valence-electron chi connectivity index (χ0n) is 11.2. The molecule has 0 amide bonds. The summed E-state index contributed by atoms with van der Waals surface area (Å²) in [6.45, 7) is 12.9. The van der Waals surface area contributed by atoms with E-state index in [-0.39, 0.29) is 5.41 Å². The van der Waals surface area contributed by atoms with Gasteiger partial charge in [0.2, 0.25) is 0 Å². The summed E-state index contributed by atoms with van der Waals surface area (Å²) in [5.41, 5.74) is 6.69. The van der Waals surface area contributed by atoms with Crippen molar-refractivity contribution >= 4 is 5.57 Å². The molecule has 0 saturated carbocycles. The fourth-order valence-corrected chi connectivity index (χ4v) is 2.77. The number of rotatable bonds is 2. The lowest BCUT2D eigenvalue weighted by atomic mass is 9.81. The van der Waals surface area contributed by atoms with E-state index in [0.29, 0.717) is 0 Å². The van der Waals surface area contributed by atoms with E-state index in [1.807, 2.05) is 0 Å². The van der Waals surface area contributed by atoms with Gasteiger partial charge in [-0.05, 0) is 36.1 Å². The van der Waals surface area contributed by atoms with Crippen LogP contribution in [-0.2, 0) is 5.41 Å². The molecular weight excluding hydrogens is 204 g/mol. The average molecular weight is 224 g/mol. The van der Waals surface area contributed by atoms with Gasteiger partial charge in [-0.2, -0.15) is 0 Å². The molecule has 0 spiro atoms. The second-order valence-corrected chi connectivity index (χ2v) is 5.24. The Hall–Kier alpha value is -1.56. The third-order valence-electron chi connectivity index (χ3n) is 3.57. The molecular formula is C17H20. The van der Waals surface area contributed by atoms with E-state index < -0.39 is 0 Å². The van der Waals surface area contributed by atoms with Crippen LogP contribution in [0.2, 0.25) is 0 Å². The SMILES string of the molecule is C=C(C)C1=C(/C=C\C)C(C)(C)c2ccccc21. The lowest BCUT2D eigenvalue weighted by Gasteiger charge is -2.22. The van der Waals surface area contributed by atoms with Gasteiger partial charge in [-0.3, -0.25) is 0 Å². The normalized spacial score (nSPS) is 17.6. The first kappa shape index (κ1) is 11.9. The molecule has 0 heterocycles. The van der Waals surface area contributed by atoms with E-state index in [1.54, 1.807) is 0 Å². The van der Waals surface area contributed by atoms with Crippen LogP contribution in [0.15, 0.2) is 54.1 Å². The Balaban J connectivity index is 2.78. The third kappa shape index (κ3) is 1.68. The molecule has 1 aliphatic carbocycles. The number of hydrogen-bond donors (Lipinski definition) is 0. The van der Waals surface area contributed by atoms with Crippen LogP contribution in [0.25, 0.3) is 5.57 Å². The van der Waals surface area contributed by atoms with Crippen LogP contribution < -0.4 is 0 Å². The fourth-order valence-electron chi connectivity index (χ4n) is 2.77. The van der Waals surface area contributed by atoms with Gasteiger partial charge < -0.3 is 0 Å². The molecule has 0 atom stereocenters. The van der Waals surface area contributed by atoms with Gasteiger partial charge in [0.25, 0.3) is 0 Å². The third-order valence-corrected chi connectivity index (χ3v) is 3.57. The van der Waals surface area contributed by atoms with Crippen molar-refractivity contribution in [3.63, 3.8) is 0 Å². The minimum Gasteiger partial charge on any atom is -0.0955 e. The van der Waals surface area contributed by atoms with Crippen molar-refractivity contribution in [2.75, 3.05) is 0 Å². The van der Waals surface area contributed by atoms with E-state index in [1.165, 1.54) is 22.3 Å². The standard InChI is InChI=1S/C17H20/c1-6-9-15-16(12(2)3)13-10-7-8-11-14(13)17(15,4)5/h6-11H,2H2,1,3-5H3/b9-6-. The highest BCUT2D eigenvalue weighted by Gasteiger charge is 2.35. The van der Waals surface area contributed by atoms with Gasteiger partial charge in [0, 0.05) is 5.41 Å². The topological polar surface area (TPSA) is 0 Å². The monoisotopic (exact) mass is 224 g/mol. The van der Waals surface area contributed by atoms with Crippen molar-refractivity contribution in [1.82, 2.24) is 0 Å². The molecule has 0 saturated heterocycles. The van der Waals surface area contributed by atoms with Crippen LogP contribution in [0.5, 0.6) is 0 Å². The van der Waals surface area contributed by atoms with Crippen LogP contribution >= 0.6 is 0 Å². The van der Waals surface area contributed by atoms with E-state index in [0.717, 1.165) is 5.57 Å². The molecule has 88 valence electrons. The number of allylic oxidation sites excluding steroid dienone is 5. The van der Waals surface area contributed by atoms with Gasteiger partial charge in [0.15, 0.2) is 0 Å². The molecule has 0 unspecified atom stereocenters. The zero-order valence-corrected chi connectivity index (χ0v) is 11.2. The zero-order chi connectivity index (χ0) is 12.6. The first-order valence-electron chi connectivity index (χ1n) is 6.13. The summed E-state index contributed by atoms with van der Waals surface area (Å²) < 4.78 is 0. The van der Waals surface area contributed by atoms with Crippen molar-refractivity contribution in [3.05, 3.63) is 65.3 Å². The molecule has 0 N–H and O–H groups in total. The van der Waals surface area contributed by atoms with Crippen molar-refractivity contribution in [3.8, 4) is 0 Å². The van der Waals surface area contributed by atoms with Crippen LogP contribution in [0.1, 0.15) is 38.8 Å². The summed E-state index contributed by atoms with van der Waals surface area (Å²) in [6, 6.07) is 8.66. The molecule has 0 fully saturated rings. The molecule has 0 radical (unpaired) electrons. The first-order chi connectivity index (χ1) is 8.00. The van der Waals surface area contributed by atoms with Crippen molar-refractivity contribution < 1.29 is 0 Å². The minimum atomic E-state index is 0.0807. The number of benzene rings is 1. The molecule has 0 aromatic heterocycles. The smallest absolute Gasteiger partial charge is 0.0158 e. The lowest BCUT2D eigenvalue weighted by molar-refractivity contribution is 0.654. The highest BCUT2D eigenvalue weighted by Crippen LogP contribution is 2.48. The van der Waals surface area contributed by atoms with Gasteiger partial charge >= 0.3 is 0 Å². The summed E-state index contributed by atoms with van der Waals surface area (Å²) >= 11 is 0. The Kier molecular flexibility index (Phi) is 2.82. The molecule has 0 heteroatoms. The summed E-state index contributed by atoms with van der Waals surface area (Å²) in [5.74, 6) is 0. The molecule has 1 aromatic carbocycles. The minimum absolute atomic E-state index is 0.0807. The first-order valence-corrected chi connectivity index (χ1v) is 6.13. The van der Waals surface area contributed by atoms with Crippen molar-refractivity contribution in [1.29, 1.82) is 0 Å². The van der Waals surface area contributed by atoms with Crippen LogP contribution in [0, 0.1) is 0 Å². The maximum Gasteiger partial charge on any atom is 0.0158 e. The average Bonchev–Trinajstić information content (AvgIpc) is 2.49. The predicted octanol–water partition coefficient (Wildman–Crippen LogP) is 4.88. The molecule has 0 bridgehead atoms. The molecule has 2 rings (SSSR count). The van der Waals surface area contributed by atoms with E-state index in [2.05, 4.69) is 70.7 Å². The molecule has 0 aliphatic heterocycles. The van der Waals surface area contributed by atoms with Gasteiger partial charge in [-0.15, -0.1) is 0 Å². The van der Waals surface area contributed by atoms with Crippen LogP contribution in [-0.4, -0.2) is 0 Å². The highest BCUT2D eigenvalue weighted by molar-refractivity contribution is 5.90. The Morgan fingerprint density at radius 3 is 2.47 bits per heavy atom. The van der Waals surface area contributed by atoms with Gasteiger partial charge in [-0.1, -0.05) is 62.4 Å². The quantitative estimate of drug-likeness (QED) is 0.671. The van der Waals surface area contributed by atoms with Crippen molar-refractivity contribution in [2.45, 2.75) is 33.1 Å². The van der Waals surface area contributed by atoms with Gasteiger partial charge in [-0.25, -0.2) is 0 Å². The van der Waals surface area contributed by atoms with Crippen molar-refractivity contribution in [2.24, 2.45) is 0 Å². The van der Waals surface area contributed by atoms with E-state index in [9.17, 15) is 0 Å². The summed E-state index contributed by atoms with van der Waals surface area (Å²) in [6.07, 6.45) is 4.34. The Bertz CT molecular complexity index is 525. The lowest BCUT2D eigenvalue weighted by Crippen LogP contribution is -2.16. The maximum atomic E-state index is 4.14. The Morgan fingerprint density at radius 2 is 1.88 bits per heavy atom. The second-order valence-electron chi connectivity index (χ2n) is 5.24. The van der Waals surface area contributed by atoms with Gasteiger partial charge in [0.05, 0.1) is 0 Å². The Morgan fingerprint density at radius 1 is 1.24 bits per heavy atom. The van der Waals surface area contributed by atoms with Gasteiger partial charge in [0.1, 0.15) is 0 Å². The summed E-state index contributed by atoms with van der Waals surface area (Å²) in [4.78, 5) is 0. The van der Waals surface area contributed by atoms with Crippen LogP contribution in [0.4, 0.5) is 0 Å². The molecule has 1 aliphatic rings. The van der Waals surface area contributed by atoms with Crippen LogP contribution in [0.3, 0.4) is 0 Å². The number of fused-ring (bicyclic) bond motifs is 1. The fraction of sp³-hybridized carbons (Fsp3) is 0.294. The molecule has 17 heavy (non-hydrogen) atoms. The predicted molar refractivity (Wildman–Crippen MR) is 76.0 cm³/mol. The summed E-state index contributed by atoms with van der Waals surface area (Å²) in [5, 5.41) is 0. The van der Waals surface area contributed by atoms with E-state index in [4.69, 9.17) is 0 Å². The largest absolute Gasteiger partial charge is 0.0955 e. The highest BCUT2D eigenvalue weighted by atomic mass is 14.4. The molecule has 0 nitrogen and oxygen atoms in total. The number of hydrogen-bond acceptors (Lipinski definition) is 0. The Labute approximate surface area is 104 Å². The second kappa shape index (κ2) is 4.03. The molecule has 1 aromatic rings. The summed E-state index contributed by atoms with van der Waals surface area (Å²) in [7, 11) is 0. The van der Waals surface area contributed by atoms with E-state index >= 15 is 0 Å².